The van der Waals surface area contributed by atoms with E-state index in [1.807, 2.05) is 48.3 Å². The molecule has 0 spiro atoms. The van der Waals surface area contributed by atoms with Gasteiger partial charge in [0.2, 0.25) is 0 Å². The summed E-state index contributed by atoms with van der Waals surface area (Å²) in [6, 6.07) is 10.8. The number of fused-ring (bicyclic) bond motifs is 1. The lowest BCUT2D eigenvalue weighted by atomic mass is 10.1. The summed E-state index contributed by atoms with van der Waals surface area (Å²) in [7, 11) is 0. The molecule has 1 aromatic carbocycles. The number of para-hydroxylation sites is 1. The Morgan fingerprint density at radius 2 is 2.00 bits per heavy atom. The molecule has 0 N–H and O–H groups in total. The average Bonchev–Trinajstić information content (AvgIpc) is 3.37. The Morgan fingerprint density at radius 1 is 1.19 bits per heavy atom. The van der Waals surface area contributed by atoms with Crippen LogP contribution in [-0.4, -0.2) is 30.8 Å². The van der Waals surface area contributed by atoms with E-state index in [2.05, 4.69) is 19.5 Å². The molecule has 0 bridgehead atoms. The molecule has 5 rings (SSSR count). The highest BCUT2D eigenvalue weighted by Gasteiger charge is 2.30. The molecule has 1 saturated carbocycles. The minimum atomic E-state index is 0.707. The standard InChI is InChI=1S/C20H22ClN5/c1-14-17(20(21)26(23-14)16-5-3-2-4-6-16)11-24-10-9-19-18(12-24)22-13-25(19)15-7-8-15/h2-6,13,15H,7-12H2,1H3. The number of imidazole rings is 1. The van der Waals surface area contributed by atoms with Gasteiger partial charge >= 0.3 is 0 Å². The van der Waals surface area contributed by atoms with Crippen molar-refractivity contribution in [2.45, 2.75) is 45.3 Å². The van der Waals surface area contributed by atoms with Gasteiger partial charge in [-0.1, -0.05) is 29.8 Å². The largest absolute Gasteiger partial charge is 0.331 e. The van der Waals surface area contributed by atoms with Gasteiger partial charge in [-0.3, -0.25) is 4.90 Å². The normalized spacial score (nSPS) is 17.5. The van der Waals surface area contributed by atoms with Gasteiger partial charge in [0.25, 0.3) is 0 Å². The number of benzene rings is 1. The van der Waals surface area contributed by atoms with Gasteiger partial charge in [0.05, 0.1) is 23.4 Å². The summed E-state index contributed by atoms with van der Waals surface area (Å²) in [6.45, 7) is 4.78. The third-order valence-electron chi connectivity index (χ3n) is 5.47. The van der Waals surface area contributed by atoms with E-state index in [0.29, 0.717) is 11.2 Å². The second kappa shape index (κ2) is 6.25. The molecular formula is C20H22ClN5. The van der Waals surface area contributed by atoms with Gasteiger partial charge in [-0.2, -0.15) is 5.10 Å². The van der Waals surface area contributed by atoms with E-state index >= 15 is 0 Å². The fourth-order valence-electron chi connectivity index (χ4n) is 3.86. The fourth-order valence-corrected chi connectivity index (χ4v) is 4.19. The lowest BCUT2D eigenvalue weighted by Crippen LogP contribution is -2.31. The van der Waals surface area contributed by atoms with Crippen molar-refractivity contribution in [3.63, 3.8) is 0 Å². The highest BCUT2D eigenvalue weighted by Crippen LogP contribution is 2.37. The van der Waals surface area contributed by atoms with Crippen LogP contribution in [0.4, 0.5) is 0 Å². The molecule has 26 heavy (non-hydrogen) atoms. The van der Waals surface area contributed by atoms with E-state index < -0.39 is 0 Å². The van der Waals surface area contributed by atoms with Crippen LogP contribution < -0.4 is 0 Å². The monoisotopic (exact) mass is 367 g/mol. The van der Waals surface area contributed by atoms with E-state index in [4.69, 9.17) is 11.6 Å². The molecular weight excluding hydrogens is 346 g/mol. The second-order valence-corrected chi connectivity index (χ2v) is 7.70. The summed E-state index contributed by atoms with van der Waals surface area (Å²) >= 11 is 6.69. The molecule has 2 aromatic heterocycles. The predicted molar refractivity (Wildman–Crippen MR) is 102 cm³/mol. The van der Waals surface area contributed by atoms with Crippen LogP contribution in [0.2, 0.25) is 5.15 Å². The molecule has 5 nitrogen and oxygen atoms in total. The first-order valence-corrected chi connectivity index (χ1v) is 9.65. The molecule has 1 aliphatic heterocycles. The lowest BCUT2D eigenvalue weighted by Gasteiger charge is -2.27. The predicted octanol–water partition coefficient (Wildman–Crippen LogP) is 3.92. The van der Waals surface area contributed by atoms with Gasteiger partial charge in [0.1, 0.15) is 5.15 Å². The van der Waals surface area contributed by atoms with Gasteiger partial charge < -0.3 is 4.57 Å². The Kier molecular flexibility index (Phi) is 3.87. The van der Waals surface area contributed by atoms with Crippen molar-refractivity contribution in [3.8, 4) is 5.69 Å². The molecule has 1 aliphatic carbocycles. The van der Waals surface area contributed by atoms with Crippen LogP contribution in [0.3, 0.4) is 0 Å². The average molecular weight is 368 g/mol. The smallest absolute Gasteiger partial charge is 0.137 e. The zero-order chi connectivity index (χ0) is 17.7. The highest BCUT2D eigenvalue weighted by atomic mass is 35.5. The number of hydrogen-bond donors (Lipinski definition) is 0. The van der Waals surface area contributed by atoms with Crippen LogP contribution in [0.5, 0.6) is 0 Å². The first-order valence-electron chi connectivity index (χ1n) is 9.27. The van der Waals surface area contributed by atoms with Crippen molar-refractivity contribution in [3.05, 3.63) is 64.5 Å². The van der Waals surface area contributed by atoms with Gasteiger partial charge in [-0.05, 0) is 31.9 Å². The number of nitrogens with zero attached hydrogens (tertiary/aromatic N) is 5. The first kappa shape index (κ1) is 16.1. The van der Waals surface area contributed by atoms with E-state index in [1.165, 1.54) is 24.2 Å². The SMILES string of the molecule is Cc1nn(-c2ccccc2)c(Cl)c1CN1CCc2c(ncn2C2CC2)C1. The molecule has 6 heteroatoms. The Balaban J connectivity index is 1.38. The van der Waals surface area contributed by atoms with Crippen molar-refractivity contribution in [2.75, 3.05) is 6.54 Å². The summed E-state index contributed by atoms with van der Waals surface area (Å²) in [6.07, 6.45) is 5.72. The van der Waals surface area contributed by atoms with E-state index in [0.717, 1.165) is 43.0 Å². The first-order chi connectivity index (χ1) is 12.7. The Hall–Kier alpha value is -2.11. The molecule has 0 saturated heterocycles. The van der Waals surface area contributed by atoms with Crippen LogP contribution in [-0.2, 0) is 19.5 Å². The maximum Gasteiger partial charge on any atom is 0.137 e. The molecule has 3 aromatic rings. The number of rotatable bonds is 4. The third-order valence-corrected chi connectivity index (χ3v) is 5.85. The second-order valence-electron chi connectivity index (χ2n) is 7.34. The quantitative estimate of drug-likeness (QED) is 0.701. The minimum Gasteiger partial charge on any atom is -0.331 e. The summed E-state index contributed by atoms with van der Waals surface area (Å²) in [5.74, 6) is 0. The van der Waals surface area contributed by atoms with Crippen molar-refractivity contribution in [1.82, 2.24) is 24.2 Å². The minimum absolute atomic E-state index is 0.707. The molecule has 3 heterocycles. The molecule has 0 radical (unpaired) electrons. The lowest BCUT2D eigenvalue weighted by molar-refractivity contribution is 0.239. The van der Waals surface area contributed by atoms with Crippen LogP contribution >= 0.6 is 11.6 Å². The van der Waals surface area contributed by atoms with Crippen molar-refractivity contribution >= 4 is 11.6 Å². The summed E-state index contributed by atoms with van der Waals surface area (Å²) in [5.41, 5.74) is 5.77. The third kappa shape index (κ3) is 2.75. The summed E-state index contributed by atoms with van der Waals surface area (Å²) in [5, 5.41) is 5.38. The Morgan fingerprint density at radius 3 is 2.77 bits per heavy atom. The zero-order valence-electron chi connectivity index (χ0n) is 14.9. The number of aromatic nitrogens is 4. The van der Waals surface area contributed by atoms with E-state index in [1.54, 1.807) is 0 Å². The van der Waals surface area contributed by atoms with E-state index in [-0.39, 0.29) is 0 Å². The van der Waals surface area contributed by atoms with Crippen molar-refractivity contribution in [2.24, 2.45) is 0 Å². The van der Waals surface area contributed by atoms with Crippen LogP contribution in [0.1, 0.15) is 41.5 Å². The zero-order valence-corrected chi connectivity index (χ0v) is 15.7. The fraction of sp³-hybridized carbons (Fsp3) is 0.400. The van der Waals surface area contributed by atoms with Gasteiger partial charge in [-0.15, -0.1) is 0 Å². The molecule has 0 atom stereocenters. The van der Waals surface area contributed by atoms with Gasteiger partial charge in [0, 0.05) is 43.4 Å². The molecule has 2 aliphatic rings. The van der Waals surface area contributed by atoms with Crippen molar-refractivity contribution < 1.29 is 0 Å². The number of hydrogen-bond acceptors (Lipinski definition) is 3. The molecule has 0 unspecified atom stereocenters. The van der Waals surface area contributed by atoms with Crippen LogP contribution in [0.25, 0.3) is 5.69 Å². The van der Waals surface area contributed by atoms with Crippen molar-refractivity contribution in [1.29, 1.82) is 0 Å². The molecule has 0 amide bonds. The Labute approximate surface area is 158 Å². The van der Waals surface area contributed by atoms with Crippen LogP contribution in [0.15, 0.2) is 36.7 Å². The molecule has 134 valence electrons. The van der Waals surface area contributed by atoms with Crippen LogP contribution in [0, 0.1) is 6.92 Å². The Bertz CT molecular complexity index is 939. The maximum atomic E-state index is 6.69. The number of halogens is 1. The van der Waals surface area contributed by atoms with Gasteiger partial charge in [-0.25, -0.2) is 9.67 Å². The van der Waals surface area contributed by atoms with E-state index in [9.17, 15) is 0 Å². The summed E-state index contributed by atoms with van der Waals surface area (Å²) < 4.78 is 4.24. The number of aryl methyl sites for hydroxylation is 1. The molecule has 1 fully saturated rings. The maximum absolute atomic E-state index is 6.69. The van der Waals surface area contributed by atoms with Gasteiger partial charge in [0.15, 0.2) is 0 Å². The topological polar surface area (TPSA) is 38.9 Å². The summed E-state index contributed by atoms with van der Waals surface area (Å²) in [4.78, 5) is 7.10. The highest BCUT2D eigenvalue weighted by molar-refractivity contribution is 6.30.